The maximum Gasteiger partial charge on any atom is 0.317 e. The summed E-state index contributed by atoms with van der Waals surface area (Å²) in [7, 11) is 0. The molecule has 1 saturated carbocycles. The van der Waals surface area contributed by atoms with Gasteiger partial charge in [0.15, 0.2) is 0 Å². The Hall–Kier alpha value is -1.91. The molecule has 3 rings (SSSR count). The number of hydrogen-bond donors (Lipinski definition) is 0. The number of non-ortho nitro benzene ring substituents is 1. The molecule has 0 radical (unpaired) electrons. The van der Waals surface area contributed by atoms with Crippen molar-refractivity contribution in [1.82, 2.24) is 0 Å². The number of carbonyl (C=O) groups is 1. The third-order valence-electron chi connectivity index (χ3n) is 3.48. The van der Waals surface area contributed by atoms with Crippen molar-refractivity contribution in [2.45, 2.75) is 11.8 Å². The molecule has 5 nitrogen and oxygen atoms in total. The molecule has 1 aromatic rings. The molecule has 1 heterocycles. The van der Waals surface area contributed by atoms with Crippen LogP contribution in [0.2, 0.25) is 0 Å². The maximum atomic E-state index is 11.6. The van der Waals surface area contributed by atoms with E-state index in [1.165, 1.54) is 12.1 Å². The molecular weight excluding hydrogens is 210 g/mol. The number of cyclic esters (lactones) is 1. The minimum Gasteiger partial charge on any atom is -0.465 e. The monoisotopic (exact) mass is 219 g/mol. The van der Waals surface area contributed by atoms with Crippen LogP contribution in [0.4, 0.5) is 5.69 Å². The normalized spacial score (nSPS) is 30.8. The van der Waals surface area contributed by atoms with Crippen LogP contribution in [0.15, 0.2) is 24.3 Å². The van der Waals surface area contributed by atoms with Gasteiger partial charge in [-0.1, -0.05) is 12.1 Å². The van der Waals surface area contributed by atoms with Gasteiger partial charge in [0.05, 0.1) is 16.9 Å². The molecule has 5 heteroatoms. The van der Waals surface area contributed by atoms with Crippen LogP contribution < -0.4 is 0 Å². The second-order valence-electron chi connectivity index (χ2n) is 4.27. The van der Waals surface area contributed by atoms with Gasteiger partial charge in [0.1, 0.15) is 0 Å². The average Bonchev–Trinajstić information content (AvgIpc) is 2.94. The summed E-state index contributed by atoms with van der Waals surface area (Å²) in [6, 6.07) is 6.19. The lowest BCUT2D eigenvalue weighted by Crippen LogP contribution is -2.18. The molecule has 0 aromatic heterocycles. The van der Waals surface area contributed by atoms with Crippen molar-refractivity contribution in [3.05, 3.63) is 39.9 Å². The van der Waals surface area contributed by atoms with Crippen LogP contribution in [-0.2, 0) is 14.9 Å². The third-order valence-corrected chi connectivity index (χ3v) is 3.48. The first-order valence-corrected chi connectivity index (χ1v) is 5.07. The standard InChI is InChI=1S/C11H9NO4/c13-10-11(5-8(11)6-16-10)7-1-3-9(4-2-7)12(14)15/h1-4,8H,5-6H2/t8-,11+/m1/s1. The summed E-state index contributed by atoms with van der Waals surface area (Å²) in [5.41, 5.74) is 0.393. The zero-order valence-corrected chi connectivity index (χ0v) is 8.38. The van der Waals surface area contributed by atoms with E-state index in [-0.39, 0.29) is 17.6 Å². The van der Waals surface area contributed by atoms with Gasteiger partial charge < -0.3 is 4.74 Å². The van der Waals surface area contributed by atoms with E-state index in [1.54, 1.807) is 12.1 Å². The van der Waals surface area contributed by atoms with E-state index in [9.17, 15) is 14.9 Å². The SMILES string of the molecule is O=C1OC[C@H]2C[C@@]12c1ccc([N+](=O)[O-])cc1. The Morgan fingerprint density at radius 1 is 1.38 bits per heavy atom. The van der Waals surface area contributed by atoms with Crippen molar-refractivity contribution in [1.29, 1.82) is 0 Å². The maximum absolute atomic E-state index is 11.6. The number of nitro benzene ring substituents is 1. The Bertz CT molecular complexity index is 481. The first-order valence-electron chi connectivity index (χ1n) is 5.07. The van der Waals surface area contributed by atoms with E-state index < -0.39 is 10.3 Å². The third kappa shape index (κ3) is 1.02. The van der Waals surface area contributed by atoms with Gasteiger partial charge in [0, 0.05) is 18.1 Å². The summed E-state index contributed by atoms with van der Waals surface area (Å²) < 4.78 is 4.98. The van der Waals surface area contributed by atoms with Gasteiger partial charge in [-0.3, -0.25) is 14.9 Å². The summed E-state index contributed by atoms with van der Waals surface area (Å²) in [5.74, 6) is 0.0767. The summed E-state index contributed by atoms with van der Waals surface area (Å²) in [4.78, 5) is 21.7. The fourth-order valence-electron chi connectivity index (χ4n) is 2.44. The van der Waals surface area contributed by atoms with Crippen molar-refractivity contribution < 1.29 is 14.5 Å². The summed E-state index contributed by atoms with van der Waals surface area (Å²) in [6.45, 7) is 0.482. The molecule has 2 atom stereocenters. The number of nitro groups is 1. The minimum atomic E-state index is -0.491. The molecule has 82 valence electrons. The highest BCUT2D eigenvalue weighted by molar-refractivity contribution is 5.89. The van der Waals surface area contributed by atoms with Gasteiger partial charge in [0.25, 0.3) is 5.69 Å². The molecule has 0 spiro atoms. The zero-order chi connectivity index (χ0) is 11.3. The lowest BCUT2D eigenvalue weighted by Gasteiger charge is -2.08. The Labute approximate surface area is 91.2 Å². The fraction of sp³-hybridized carbons (Fsp3) is 0.364. The van der Waals surface area contributed by atoms with Gasteiger partial charge in [-0.05, 0) is 12.0 Å². The number of nitrogens with zero attached hydrogens (tertiary/aromatic N) is 1. The van der Waals surface area contributed by atoms with E-state index in [4.69, 9.17) is 4.74 Å². The molecule has 16 heavy (non-hydrogen) atoms. The number of esters is 1. The average molecular weight is 219 g/mol. The number of hydrogen-bond acceptors (Lipinski definition) is 4. The predicted molar refractivity (Wildman–Crippen MR) is 53.8 cm³/mol. The minimum absolute atomic E-state index is 0.0451. The molecule has 1 aliphatic carbocycles. The van der Waals surface area contributed by atoms with Crippen LogP contribution in [0, 0.1) is 16.0 Å². The quantitative estimate of drug-likeness (QED) is 0.428. The van der Waals surface area contributed by atoms with Crippen molar-refractivity contribution in [2.24, 2.45) is 5.92 Å². The summed E-state index contributed by atoms with van der Waals surface area (Å²) in [6.07, 6.45) is 0.809. The van der Waals surface area contributed by atoms with Gasteiger partial charge >= 0.3 is 5.97 Å². The van der Waals surface area contributed by atoms with Crippen LogP contribution in [0.5, 0.6) is 0 Å². The lowest BCUT2D eigenvalue weighted by molar-refractivity contribution is -0.384. The van der Waals surface area contributed by atoms with Crippen molar-refractivity contribution in [3.8, 4) is 0 Å². The smallest absolute Gasteiger partial charge is 0.317 e. The summed E-state index contributed by atoms with van der Waals surface area (Å²) in [5, 5.41) is 10.5. The Kier molecular flexibility index (Phi) is 1.64. The van der Waals surface area contributed by atoms with Crippen molar-refractivity contribution in [3.63, 3.8) is 0 Å². The predicted octanol–water partition coefficient (Wildman–Crippen LogP) is 1.41. The molecule has 2 aliphatic rings. The molecule has 1 saturated heterocycles. The largest absolute Gasteiger partial charge is 0.465 e. The fourth-order valence-corrected chi connectivity index (χ4v) is 2.44. The van der Waals surface area contributed by atoms with E-state index >= 15 is 0 Å². The molecular formula is C11H9NO4. The second-order valence-corrected chi connectivity index (χ2v) is 4.27. The molecule has 0 amide bonds. The van der Waals surface area contributed by atoms with Crippen LogP contribution in [-0.4, -0.2) is 17.5 Å². The van der Waals surface area contributed by atoms with Crippen LogP contribution in [0.25, 0.3) is 0 Å². The van der Waals surface area contributed by atoms with Gasteiger partial charge in [0.2, 0.25) is 0 Å². The van der Waals surface area contributed by atoms with Crippen LogP contribution >= 0.6 is 0 Å². The highest BCUT2D eigenvalue weighted by Crippen LogP contribution is 2.59. The zero-order valence-electron chi connectivity index (χ0n) is 8.38. The first-order chi connectivity index (χ1) is 7.64. The molecule has 2 fully saturated rings. The molecule has 0 bridgehead atoms. The number of fused-ring (bicyclic) bond motifs is 1. The van der Waals surface area contributed by atoms with Gasteiger partial charge in [-0.15, -0.1) is 0 Å². The van der Waals surface area contributed by atoms with Crippen LogP contribution in [0.1, 0.15) is 12.0 Å². The van der Waals surface area contributed by atoms with Crippen molar-refractivity contribution in [2.75, 3.05) is 6.61 Å². The van der Waals surface area contributed by atoms with E-state index in [1.807, 2.05) is 0 Å². The molecule has 0 unspecified atom stereocenters. The topological polar surface area (TPSA) is 69.4 Å². The molecule has 1 aliphatic heterocycles. The molecule has 0 N–H and O–H groups in total. The van der Waals surface area contributed by atoms with E-state index in [0.717, 1.165) is 12.0 Å². The Morgan fingerprint density at radius 2 is 2.06 bits per heavy atom. The highest BCUT2D eigenvalue weighted by Gasteiger charge is 2.66. The Balaban J connectivity index is 1.97. The van der Waals surface area contributed by atoms with Gasteiger partial charge in [-0.25, -0.2) is 0 Å². The molecule has 1 aromatic carbocycles. The van der Waals surface area contributed by atoms with Gasteiger partial charge in [-0.2, -0.15) is 0 Å². The van der Waals surface area contributed by atoms with E-state index in [0.29, 0.717) is 6.61 Å². The Morgan fingerprint density at radius 3 is 2.50 bits per heavy atom. The second kappa shape index (κ2) is 2.81. The lowest BCUT2D eigenvalue weighted by atomic mass is 9.94. The first kappa shape index (κ1) is 9.33. The number of rotatable bonds is 2. The number of carbonyl (C=O) groups excluding carboxylic acids is 1. The number of ether oxygens (including phenoxy) is 1. The van der Waals surface area contributed by atoms with E-state index in [2.05, 4.69) is 0 Å². The number of benzene rings is 1. The van der Waals surface area contributed by atoms with Crippen LogP contribution in [0.3, 0.4) is 0 Å². The summed E-state index contributed by atoms with van der Waals surface area (Å²) >= 11 is 0. The van der Waals surface area contributed by atoms with Crippen molar-refractivity contribution >= 4 is 11.7 Å². The highest BCUT2D eigenvalue weighted by atomic mass is 16.6.